The third-order valence-corrected chi connectivity index (χ3v) is 4.86. The molecule has 3 rings (SSSR count). The summed E-state index contributed by atoms with van der Waals surface area (Å²) in [6.45, 7) is 6.13. The minimum absolute atomic E-state index is 0.694. The number of hydrogen-bond donors (Lipinski definition) is 1. The number of hydrogen-bond acceptors (Lipinski definition) is 3. The fourth-order valence-electron chi connectivity index (χ4n) is 3.70. The van der Waals surface area contributed by atoms with Crippen LogP contribution < -0.4 is 5.32 Å². The Bertz CT molecular complexity index is 446. The van der Waals surface area contributed by atoms with E-state index in [0.29, 0.717) is 5.92 Å². The van der Waals surface area contributed by atoms with E-state index in [1.54, 1.807) is 0 Å². The summed E-state index contributed by atoms with van der Waals surface area (Å²) >= 11 is 0. The summed E-state index contributed by atoms with van der Waals surface area (Å²) in [4.78, 5) is 4.99. The largest absolute Gasteiger partial charge is 0.384 e. The lowest BCUT2D eigenvalue weighted by Crippen LogP contribution is -2.29. The molecule has 1 saturated heterocycles. The molecule has 20 heavy (non-hydrogen) atoms. The van der Waals surface area contributed by atoms with E-state index < -0.39 is 0 Å². The van der Waals surface area contributed by atoms with Crippen LogP contribution in [0, 0.1) is 5.92 Å². The van der Waals surface area contributed by atoms with E-state index in [0.717, 1.165) is 12.5 Å². The maximum Gasteiger partial charge on any atom is 0.0376 e. The summed E-state index contributed by atoms with van der Waals surface area (Å²) in [5.41, 5.74) is 2.86. The van der Waals surface area contributed by atoms with E-state index in [4.69, 9.17) is 0 Å². The van der Waals surface area contributed by atoms with Crippen LogP contribution in [-0.4, -0.2) is 56.6 Å². The molecule has 2 heterocycles. The van der Waals surface area contributed by atoms with Crippen molar-refractivity contribution in [3.63, 3.8) is 0 Å². The average molecular weight is 273 g/mol. The van der Waals surface area contributed by atoms with Crippen molar-refractivity contribution in [2.24, 2.45) is 5.92 Å². The molecule has 0 aromatic heterocycles. The minimum atomic E-state index is 0.694. The van der Waals surface area contributed by atoms with E-state index in [1.807, 2.05) is 0 Å². The molecule has 2 atom stereocenters. The summed E-state index contributed by atoms with van der Waals surface area (Å²) in [7, 11) is 4.52. The Morgan fingerprint density at radius 2 is 2.20 bits per heavy atom. The highest BCUT2D eigenvalue weighted by molar-refractivity contribution is 5.57. The van der Waals surface area contributed by atoms with Crippen molar-refractivity contribution in [1.82, 2.24) is 9.80 Å². The first-order valence-electron chi connectivity index (χ1n) is 7.92. The number of fused-ring (bicyclic) bond motifs is 1. The van der Waals surface area contributed by atoms with Gasteiger partial charge in [-0.05, 0) is 57.6 Å². The Labute approximate surface area is 123 Å². The van der Waals surface area contributed by atoms with Gasteiger partial charge in [-0.2, -0.15) is 0 Å². The van der Waals surface area contributed by atoms with Gasteiger partial charge < -0.3 is 15.1 Å². The SMILES string of the molecule is CN1CCC(CN(C)CCC2CNc3ccccc32)C1. The lowest BCUT2D eigenvalue weighted by Gasteiger charge is -2.22. The zero-order valence-corrected chi connectivity index (χ0v) is 12.8. The van der Waals surface area contributed by atoms with Crippen LogP contribution in [-0.2, 0) is 0 Å². The molecule has 3 heteroatoms. The molecule has 2 aliphatic rings. The lowest BCUT2D eigenvalue weighted by molar-refractivity contribution is 0.266. The average Bonchev–Trinajstić information content (AvgIpc) is 3.03. The molecule has 110 valence electrons. The van der Waals surface area contributed by atoms with Crippen molar-refractivity contribution in [3.05, 3.63) is 29.8 Å². The van der Waals surface area contributed by atoms with Gasteiger partial charge >= 0.3 is 0 Å². The first-order chi connectivity index (χ1) is 9.72. The molecule has 0 saturated carbocycles. The molecule has 0 radical (unpaired) electrons. The van der Waals surface area contributed by atoms with Crippen LogP contribution in [0.2, 0.25) is 0 Å². The lowest BCUT2D eigenvalue weighted by atomic mass is 9.97. The van der Waals surface area contributed by atoms with Crippen molar-refractivity contribution in [3.8, 4) is 0 Å². The summed E-state index contributed by atoms with van der Waals surface area (Å²) in [5.74, 6) is 1.57. The molecule has 0 spiro atoms. The number of nitrogens with zero attached hydrogens (tertiary/aromatic N) is 2. The topological polar surface area (TPSA) is 18.5 Å². The quantitative estimate of drug-likeness (QED) is 0.889. The second-order valence-corrected chi connectivity index (χ2v) is 6.63. The number of para-hydroxylation sites is 1. The fourth-order valence-corrected chi connectivity index (χ4v) is 3.70. The Morgan fingerprint density at radius 1 is 1.35 bits per heavy atom. The summed E-state index contributed by atoms with van der Waals surface area (Å²) in [6, 6.07) is 8.77. The zero-order valence-electron chi connectivity index (χ0n) is 12.8. The van der Waals surface area contributed by atoms with Gasteiger partial charge in [0.05, 0.1) is 0 Å². The van der Waals surface area contributed by atoms with Gasteiger partial charge in [0.15, 0.2) is 0 Å². The summed E-state index contributed by atoms with van der Waals surface area (Å²) < 4.78 is 0. The normalized spacial score (nSPS) is 25.9. The highest BCUT2D eigenvalue weighted by Gasteiger charge is 2.23. The molecule has 3 nitrogen and oxygen atoms in total. The van der Waals surface area contributed by atoms with Crippen LogP contribution in [0.1, 0.15) is 24.3 Å². The summed E-state index contributed by atoms with van der Waals surface area (Å²) in [6.07, 6.45) is 2.64. The molecule has 1 fully saturated rings. The predicted octanol–water partition coefficient (Wildman–Crippen LogP) is 2.47. The molecular weight excluding hydrogens is 246 g/mol. The number of benzene rings is 1. The van der Waals surface area contributed by atoms with Gasteiger partial charge in [-0.3, -0.25) is 0 Å². The molecule has 0 amide bonds. The van der Waals surface area contributed by atoms with Crippen LogP contribution in [0.4, 0.5) is 5.69 Å². The van der Waals surface area contributed by atoms with Crippen LogP contribution in [0.15, 0.2) is 24.3 Å². The second kappa shape index (κ2) is 6.15. The Kier molecular flexibility index (Phi) is 4.27. The number of anilines is 1. The van der Waals surface area contributed by atoms with Gasteiger partial charge in [0.1, 0.15) is 0 Å². The molecule has 2 aliphatic heterocycles. The summed E-state index contributed by atoms with van der Waals surface area (Å²) in [5, 5.41) is 3.53. The van der Waals surface area contributed by atoms with Gasteiger partial charge in [0, 0.05) is 31.2 Å². The van der Waals surface area contributed by atoms with Crippen molar-refractivity contribution in [1.29, 1.82) is 0 Å². The van der Waals surface area contributed by atoms with Gasteiger partial charge in [-0.15, -0.1) is 0 Å². The highest BCUT2D eigenvalue weighted by Crippen LogP contribution is 2.33. The Balaban J connectivity index is 1.46. The van der Waals surface area contributed by atoms with E-state index in [1.165, 1.54) is 50.3 Å². The van der Waals surface area contributed by atoms with Crippen LogP contribution in [0.3, 0.4) is 0 Å². The Morgan fingerprint density at radius 3 is 3.00 bits per heavy atom. The zero-order chi connectivity index (χ0) is 13.9. The third-order valence-electron chi connectivity index (χ3n) is 4.86. The van der Waals surface area contributed by atoms with Crippen molar-refractivity contribution in [2.45, 2.75) is 18.8 Å². The smallest absolute Gasteiger partial charge is 0.0376 e. The van der Waals surface area contributed by atoms with Crippen LogP contribution in [0.25, 0.3) is 0 Å². The number of likely N-dealkylation sites (tertiary alicyclic amines) is 1. The first kappa shape index (κ1) is 13.9. The third kappa shape index (κ3) is 3.15. The predicted molar refractivity (Wildman–Crippen MR) is 85.4 cm³/mol. The van der Waals surface area contributed by atoms with Crippen molar-refractivity contribution < 1.29 is 0 Å². The van der Waals surface area contributed by atoms with E-state index in [-0.39, 0.29) is 0 Å². The maximum absolute atomic E-state index is 3.53. The Hall–Kier alpha value is -1.06. The molecule has 2 unspecified atom stereocenters. The van der Waals surface area contributed by atoms with E-state index >= 15 is 0 Å². The molecule has 1 aromatic carbocycles. The molecule has 1 aromatic rings. The highest BCUT2D eigenvalue weighted by atomic mass is 15.1. The molecular formula is C17H27N3. The number of nitrogens with one attached hydrogen (secondary N) is 1. The van der Waals surface area contributed by atoms with Crippen LogP contribution >= 0.6 is 0 Å². The van der Waals surface area contributed by atoms with Gasteiger partial charge in [-0.25, -0.2) is 0 Å². The van der Waals surface area contributed by atoms with Crippen molar-refractivity contribution >= 4 is 5.69 Å². The maximum atomic E-state index is 3.53. The van der Waals surface area contributed by atoms with E-state index in [9.17, 15) is 0 Å². The fraction of sp³-hybridized carbons (Fsp3) is 0.647. The van der Waals surface area contributed by atoms with Gasteiger partial charge in [-0.1, -0.05) is 18.2 Å². The van der Waals surface area contributed by atoms with Gasteiger partial charge in [0.2, 0.25) is 0 Å². The van der Waals surface area contributed by atoms with Crippen LogP contribution in [0.5, 0.6) is 0 Å². The second-order valence-electron chi connectivity index (χ2n) is 6.63. The van der Waals surface area contributed by atoms with Gasteiger partial charge in [0.25, 0.3) is 0 Å². The van der Waals surface area contributed by atoms with E-state index in [2.05, 4.69) is 53.5 Å². The van der Waals surface area contributed by atoms with Crippen molar-refractivity contribution in [2.75, 3.05) is 52.1 Å². The number of rotatable bonds is 5. The molecule has 1 N–H and O–H groups in total. The molecule has 0 bridgehead atoms. The standard InChI is InChI=1S/C17H27N3/c1-19-9-7-14(12-19)13-20(2)10-8-15-11-18-17-6-4-3-5-16(15)17/h3-6,14-15,18H,7-13H2,1-2H3. The molecule has 0 aliphatic carbocycles. The monoisotopic (exact) mass is 273 g/mol. The first-order valence-corrected chi connectivity index (χ1v) is 7.92. The minimum Gasteiger partial charge on any atom is -0.384 e.